The average molecular weight is 203 g/mol. The zero-order valence-corrected chi connectivity index (χ0v) is 10.1. The van der Waals surface area contributed by atoms with E-state index in [4.69, 9.17) is 0 Å². The molecule has 0 atom stereocenters. The van der Waals surface area contributed by atoms with Gasteiger partial charge >= 0.3 is 0 Å². The maximum atomic E-state index is 2.54. The van der Waals surface area contributed by atoms with Gasteiger partial charge in [-0.1, -0.05) is 39.0 Å². The molecule has 1 aliphatic heterocycles. The number of benzene rings is 1. The van der Waals surface area contributed by atoms with E-state index in [0.29, 0.717) is 5.41 Å². The molecular formula is C14H21N. The lowest BCUT2D eigenvalue weighted by Gasteiger charge is -2.36. The topological polar surface area (TPSA) is 3.24 Å². The highest BCUT2D eigenvalue weighted by Gasteiger charge is 2.21. The molecule has 0 saturated heterocycles. The number of para-hydroxylation sites is 1. The highest BCUT2D eigenvalue weighted by atomic mass is 15.1. The quantitative estimate of drug-likeness (QED) is 0.675. The number of aryl methyl sites for hydroxylation is 1. The standard InChI is InChI=1S/C14H21N/c1-14(2,3)11-15-10-6-8-12-7-4-5-9-13(12)15/h4-5,7,9H,6,8,10-11H2,1-3H3. The first-order valence-electron chi connectivity index (χ1n) is 5.89. The van der Waals surface area contributed by atoms with Crippen LogP contribution in [-0.2, 0) is 6.42 Å². The van der Waals surface area contributed by atoms with Gasteiger partial charge in [-0.3, -0.25) is 0 Å². The zero-order valence-electron chi connectivity index (χ0n) is 10.1. The molecule has 0 unspecified atom stereocenters. The van der Waals surface area contributed by atoms with Crippen molar-refractivity contribution in [2.24, 2.45) is 5.41 Å². The molecule has 0 fully saturated rings. The summed E-state index contributed by atoms with van der Waals surface area (Å²) in [5, 5.41) is 0. The molecule has 1 heteroatoms. The van der Waals surface area contributed by atoms with Gasteiger partial charge in [0.1, 0.15) is 0 Å². The van der Waals surface area contributed by atoms with E-state index in [9.17, 15) is 0 Å². The molecule has 1 heterocycles. The van der Waals surface area contributed by atoms with Crippen LogP contribution in [0.1, 0.15) is 32.8 Å². The van der Waals surface area contributed by atoms with Crippen LogP contribution in [0.25, 0.3) is 0 Å². The molecule has 2 rings (SSSR count). The lowest BCUT2D eigenvalue weighted by atomic mass is 9.93. The first-order chi connectivity index (χ1) is 7.06. The van der Waals surface area contributed by atoms with Gasteiger partial charge in [-0.25, -0.2) is 0 Å². The van der Waals surface area contributed by atoms with Crippen LogP contribution in [0.2, 0.25) is 0 Å². The van der Waals surface area contributed by atoms with Crippen molar-refractivity contribution in [1.29, 1.82) is 0 Å². The van der Waals surface area contributed by atoms with Crippen molar-refractivity contribution in [2.45, 2.75) is 33.6 Å². The second kappa shape index (κ2) is 3.88. The zero-order chi connectivity index (χ0) is 10.9. The van der Waals surface area contributed by atoms with Crippen LogP contribution in [0.15, 0.2) is 24.3 Å². The Morgan fingerprint density at radius 1 is 1.20 bits per heavy atom. The number of hydrogen-bond acceptors (Lipinski definition) is 1. The molecular weight excluding hydrogens is 182 g/mol. The number of hydrogen-bond donors (Lipinski definition) is 0. The molecule has 0 aliphatic carbocycles. The van der Waals surface area contributed by atoms with Gasteiger partial charge in [-0.05, 0) is 29.9 Å². The second-order valence-corrected chi connectivity index (χ2v) is 5.71. The molecule has 15 heavy (non-hydrogen) atoms. The monoisotopic (exact) mass is 203 g/mol. The predicted octanol–water partition coefficient (Wildman–Crippen LogP) is 3.49. The van der Waals surface area contributed by atoms with Crippen molar-refractivity contribution in [3.05, 3.63) is 29.8 Å². The summed E-state index contributed by atoms with van der Waals surface area (Å²) in [5.41, 5.74) is 3.36. The Morgan fingerprint density at radius 2 is 1.93 bits per heavy atom. The van der Waals surface area contributed by atoms with Crippen molar-refractivity contribution >= 4 is 5.69 Å². The molecule has 0 spiro atoms. The predicted molar refractivity (Wildman–Crippen MR) is 66.4 cm³/mol. The van der Waals surface area contributed by atoms with Gasteiger partial charge in [0, 0.05) is 18.8 Å². The molecule has 0 radical (unpaired) electrons. The minimum atomic E-state index is 0.379. The molecule has 1 aromatic carbocycles. The van der Waals surface area contributed by atoms with E-state index in [1.165, 1.54) is 30.6 Å². The summed E-state index contributed by atoms with van der Waals surface area (Å²) < 4.78 is 0. The summed E-state index contributed by atoms with van der Waals surface area (Å²) in [6.45, 7) is 9.30. The van der Waals surface area contributed by atoms with E-state index in [1.54, 1.807) is 0 Å². The lowest BCUT2D eigenvalue weighted by molar-refractivity contribution is 0.405. The smallest absolute Gasteiger partial charge is 0.0398 e. The summed E-state index contributed by atoms with van der Waals surface area (Å²) in [5.74, 6) is 0. The summed E-state index contributed by atoms with van der Waals surface area (Å²) >= 11 is 0. The van der Waals surface area contributed by atoms with Crippen molar-refractivity contribution in [1.82, 2.24) is 0 Å². The molecule has 1 nitrogen and oxygen atoms in total. The Balaban J connectivity index is 2.22. The van der Waals surface area contributed by atoms with E-state index in [2.05, 4.69) is 49.9 Å². The van der Waals surface area contributed by atoms with E-state index >= 15 is 0 Å². The maximum Gasteiger partial charge on any atom is 0.0398 e. The molecule has 1 aromatic rings. The van der Waals surface area contributed by atoms with Crippen molar-refractivity contribution in [2.75, 3.05) is 18.0 Å². The second-order valence-electron chi connectivity index (χ2n) is 5.71. The summed E-state index contributed by atoms with van der Waals surface area (Å²) in [6, 6.07) is 8.84. The van der Waals surface area contributed by atoms with Gasteiger partial charge in [-0.15, -0.1) is 0 Å². The fourth-order valence-electron chi connectivity index (χ4n) is 2.35. The van der Waals surface area contributed by atoms with E-state index in [0.717, 1.165) is 6.54 Å². The summed E-state index contributed by atoms with van der Waals surface area (Å²) in [7, 11) is 0. The highest BCUT2D eigenvalue weighted by Crippen LogP contribution is 2.29. The summed E-state index contributed by atoms with van der Waals surface area (Å²) in [4.78, 5) is 2.54. The molecule has 82 valence electrons. The SMILES string of the molecule is CC(C)(C)CN1CCCc2ccccc21. The van der Waals surface area contributed by atoms with Gasteiger partial charge in [-0.2, -0.15) is 0 Å². The Morgan fingerprint density at radius 3 is 2.67 bits per heavy atom. The van der Waals surface area contributed by atoms with Crippen LogP contribution in [0.5, 0.6) is 0 Å². The Hall–Kier alpha value is -0.980. The Bertz CT molecular complexity index is 335. The highest BCUT2D eigenvalue weighted by molar-refractivity contribution is 5.55. The normalized spacial score (nSPS) is 16.3. The number of fused-ring (bicyclic) bond motifs is 1. The molecule has 0 saturated carbocycles. The van der Waals surface area contributed by atoms with Crippen LogP contribution in [0.4, 0.5) is 5.69 Å². The third-order valence-electron chi connectivity index (χ3n) is 2.87. The van der Waals surface area contributed by atoms with Crippen molar-refractivity contribution in [3.63, 3.8) is 0 Å². The molecule has 0 bridgehead atoms. The third-order valence-corrected chi connectivity index (χ3v) is 2.87. The van der Waals surface area contributed by atoms with Crippen LogP contribution in [0.3, 0.4) is 0 Å². The van der Waals surface area contributed by atoms with Crippen LogP contribution in [0, 0.1) is 5.41 Å². The first-order valence-corrected chi connectivity index (χ1v) is 5.89. The van der Waals surface area contributed by atoms with Gasteiger partial charge in [0.25, 0.3) is 0 Å². The molecule has 0 amide bonds. The minimum absolute atomic E-state index is 0.379. The fraction of sp³-hybridized carbons (Fsp3) is 0.571. The number of anilines is 1. The molecule has 0 N–H and O–H groups in total. The van der Waals surface area contributed by atoms with Gasteiger partial charge < -0.3 is 4.90 Å². The minimum Gasteiger partial charge on any atom is -0.371 e. The lowest BCUT2D eigenvalue weighted by Crippen LogP contribution is -2.36. The van der Waals surface area contributed by atoms with E-state index < -0.39 is 0 Å². The molecule has 1 aliphatic rings. The Labute approximate surface area is 93.1 Å². The number of rotatable bonds is 1. The van der Waals surface area contributed by atoms with Gasteiger partial charge in [0.15, 0.2) is 0 Å². The average Bonchev–Trinajstić information content (AvgIpc) is 2.16. The van der Waals surface area contributed by atoms with Crippen LogP contribution in [-0.4, -0.2) is 13.1 Å². The van der Waals surface area contributed by atoms with E-state index in [-0.39, 0.29) is 0 Å². The van der Waals surface area contributed by atoms with E-state index in [1.807, 2.05) is 0 Å². The number of nitrogens with zero attached hydrogens (tertiary/aromatic N) is 1. The van der Waals surface area contributed by atoms with Gasteiger partial charge in [0.2, 0.25) is 0 Å². The van der Waals surface area contributed by atoms with Crippen molar-refractivity contribution < 1.29 is 0 Å². The van der Waals surface area contributed by atoms with Crippen LogP contribution >= 0.6 is 0 Å². The van der Waals surface area contributed by atoms with Crippen molar-refractivity contribution in [3.8, 4) is 0 Å². The first kappa shape index (κ1) is 10.5. The Kier molecular flexibility index (Phi) is 2.72. The van der Waals surface area contributed by atoms with Crippen LogP contribution < -0.4 is 4.90 Å². The largest absolute Gasteiger partial charge is 0.371 e. The third kappa shape index (κ3) is 2.53. The molecule has 0 aromatic heterocycles. The van der Waals surface area contributed by atoms with Gasteiger partial charge in [0.05, 0.1) is 0 Å². The summed E-state index contributed by atoms with van der Waals surface area (Å²) in [6.07, 6.45) is 2.55. The fourth-order valence-corrected chi connectivity index (χ4v) is 2.35. The maximum absolute atomic E-state index is 2.54.